The third kappa shape index (κ3) is 4.99. The molecule has 4 rings (SSSR count). The quantitative estimate of drug-likeness (QED) is 0.215. The first-order chi connectivity index (χ1) is 12.7. The van der Waals surface area contributed by atoms with E-state index in [2.05, 4.69) is 86.6 Å². The van der Waals surface area contributed by atoms with Gasteiger partial charge in [0.1, 0.15) is 0 Å². The van der Waals surface area contributed by atoms with Gasteiger partial charge in [0.2, 0.25) is 0 Å². The van der Waals surface area contributed by atoms with Gasteiger partial charge >= 0.3 is 42.1 Å². The molecular formula is C26H18W2. The van der Waals surface area contributed by atoms with Gasteiger partial charge in [-0.15, -0.1) is 29.3 Å². The van der Waals surface area contributed by atoms with Crippen molar-refractivity contribution in [3.8, 4) is 33.4 Å². The fraction of sp³-hybridized carbons (Fsp3) is 0.0769. The van der Waals surface area contributed by atoms with Crippen LogP contribution in [0.5, 0.6) is 0 Å². The van der Waals surface area contributed by atoms with Crippen molar-refractivity contribution < 1.29 is 42.1 Å². The topological polar surface area (TPSA) is 0 Å². The first-order valence-corrected chi connectivity index (χ1v) is 8.71. The molecule has 0 saturated carbocycles. The Morgan fingerprint density at radius 2 is 1.54 bits per heavy atom. The number of aryl methyl sites for hydroxylation is 2. The summed E-state index contributed by atoms with van der Waals surface area (Å²) in [6, 6.07) is 38.3. The Kier molecular flexibility index (Phi) is 8.18. The molecule has 0 aliphatic carbocycles. The van der Waals surface area contributed by atoms with E-state index < -0.39 is 0 Å². The molecule has 28 heavy (non-hydrogen) atoms. The molecular weight excluding hydrogens is 680 g/mol. The van der Waals surface area contributed by atoms with E-state index in [1.807, 2.05) is 24.3 Å². The maximum Gasteiger partial charge on any atom is 2.00 e. The molecule has 0 unspecified atom stereocenters. The molecule has 0 fully saturated rings. The van der Waals surface area contributed by atoms with Crippen LogP contribution in [0.2, 0.25) is 0 Å². The number of rotatable bonds is 3. The molecule has 0 radical (unpaired) electrons. The van der Waals surface area contributed by atoms with Crippen LogP contribution in [0, 0.1) is 38.1 Å². The summed E-state index contributed by atoms with van der Waals surface area (Å²) in [5, 5.41) is 0. The standard InChI is InChI=1S/C26H18.2W/c1-19-7-5-9-23(17-19)21-13-15-22(16-14-21)25-11-3-4-12-26(25)24-10-6-8-20(2)18-24;;/h3-9,11,13,15-16,18H,1-2H3;;/q-4;2*+2. The van der Waals surface area contributed by atoms with Gasteiger partial charge in [0.15, 0.2) is 0 Å². The molecule has 0 amide bonds. The molecule has 4 aromatic carbocycles. The molecule has 0 heterocycles. The Morgan fingerprint density at radius 1 is 0.679 bits per heavy atom. The van der Waals surface area contributed by atoms with Gasteiger partial charge in [-0.2, -0.15) is 90.0 Å². The van der Waals surface area contributed by atoms with Crippen LogP contribution in [0.1, 0.15) is 11.1 Å². The minimum Gasteiger partial charge on any atom is -0.228 e. The van der Waals surface area contributed by atoms with Crippen LogP contribution in [-0.2, 0) is 42.1 Å². The molecule has 0 bridgehead atoms. The maximum atomic E-state index is 3.41. The van der Waals surface area contributed by atoms with E-state index in [1.54, 1.807) is 0 Å². The van der Waals surface area contributed by atoms with Gasteiger partial charge in [0, 0.05) is 0 Å². The van der Waals surface area contributed by atoms with Crippen LogP contribution in [0.15, 0.2) is 72.8 Å². The van der Waals surface area contributed by atoms with E-state index in [1.165, 1.54) is 5.56 Å². The second-order valence-corrected chi connectivity index (χ2v) is 6.48. The Morgan fingerprint density at radius 3 is 2.25 bits per heavy atom. The maximum absolute atomic E-state index is 3.41. The molecule has 0 aliphatic heterocycles. The zero-order valence-electron chi connectivity index (χ0n) is 15.7. The molecule has 0 aliphatic rings. The molecule has 0 saturated heterocycles. The largest absolute Gasteiger partial charge is 2.00 e. The predicted octanol–water partition coefficient (Wildman–Crippen LogP) is 6.50. The van der Waals surface area contributed by atoms with Gasteiger partial charge < -0.3 is 0 Å². The fourth-order valence-corrected chi connectivity index (χ4v) is 3.13. The SMILES string of the molecule is Cc1[c-]c(-c2[c-]cc(-c3ccc[c-]c3-c3[c-]ccc(C)c3)cc2)ccc1.[W+2].[W+2]. The fourth-order valence-electron chi connectivity index (χ4n) is 3.13. The number of hydrogen-bond donors (Lipinski definition) is 0. The average Bonchev–Trinajstić information content (AvgIpc) is 2.68. The smallest absolute Gasteiger partial charge is 0.228 e. The van der Waals surface area contributed by atoms with Crippen molar-refractivity contribution in [2.45, 2.75) is 13.8 Å². The van der Waals surface area contributed by atoms with E-state index in [4.69, 9.17) is 0 Å². The summed E-state index contributed by atoms with van der Waals surface area (Å²) in [5.41, 5.74) is 8.89. The van der Waals surface area contributed by atoms with Gasteiger partial charge in [0.25, 0.3) is 0 Å². The Bertz CT molecular complexity index is 1050. The molecule has 4 aromatic rings. The molecule has 0 aromatic heterocycles. The summed E-state index contributed by atoms with van der Waals surface area (Å²) in [5.74, 6) is 0. The number of benzene rings is 4. The Labute approximate surface area is 196 Å². The first kappa shape index (κ1) is 22.5. The molecule has 0 spiro atoms. The van der Waals surface area contributed by atoms with Crippen LogP contribution < -0.4 is 0 Å². The molecule has 0 nitrogen and oxygen atoms in total. The van der Waals surface area contributed by atoms with Crippen molar-refractivity contribution >= 4 is 0 Å². The van der Waals surface area contributed by atoms with Crippen molar-refractivity contribution in [3.63, 3.8) is 0 Å². The molecule has 2 heteroatoms. The Balaban J connectivity index is 0.00000140. The normalized spacial score (nSPS) is 9.93. The van der Waals surface area contributed by atoms with E-state index >= 15 is 0 Å². The second-order valence-electron chi connectivity index (χ2n) is 6.48. The number of hydrogen-bond acceptors (Lipinski definition) is 0. The van der Waals surface area contributed by atoms with Crippen molar-refractivity contribution in [3.05, 3.63) is 108 Å². The third-order valence-electron chi connectivity index (χ3n) is 4.44. The van der Waals surface area contributed by atoms with E-state index in [0.717, 1.165) is 38.9 Å². The summed E-state index contributed by atoms with van der Waals surface area (Å²) in [6.07, 6.45) is 0. The van der Waals surface area contributed by atoms with Gasteiger partial charge in [-0.25, -0.2) is 22.3 Å². The minimum atomic E-state index is 0. The molecule has 0 atom stereocenters. The van der Waals surface area contributed by atoms with Gasteiger partial charge in [-0.1, -0.05) is 13.8 Å². The third-order valence-corrected chi connectivity index (χ3v) is 4.44. The van der Waals surface area contributed by atoms with Gasteiger partial charge in [-0.05, 0) is 0 Å². The van der Waals surface area contributed by atoms with Crippen molar-refractivity contribution in [2.75, 3.05) is 0 Å². The summed E-state index contributed by atoms with van der Waals surface area (Å²) in [7, 11) is 0. The zero-order chi connectivity index (χ0) is 17.9. The van der Waals surface area contributed by atoms with E-state index in [0.29, 0.717) is 0 Å². The van der Waals surface area contributed by atoms with Crippen LogP contribution in [0.3, 0.4) is 0 Å². The Hall–Kier alpha value is -1.74. The van der Waals surface area contributed by atoms with Crippen LogP contribution in [0.4, 0.5) is 0 Å². The van der Waals surface area contributed by atoms with Crippen molar-refractivity contribution in [1.82, 2.24) is 0 Å². The minimum absolute atomic E-state index is 0. The van der Waals surface area contributed by atoms with Crippen LogP contribution in [-0.4, -0.2) is 0 Å². The van der Waals surface area contributed by atoms with Crippen molar-refractivity contribution in [2.24, 2.45) is 0 Å². The summed E-state index contributed by atoms with van der Waals surface area (Å²) in [6.45, 7) is 4.16. The van der Waals surface area contributed by atoms with E-state index in [-0.39, 0.29) is 42.1 Å². The summed E-state index contributed by atoms with van der Waals surface area (Å²) < 4.78 is 0. The van der Waals surface area contributed by atoms with Gasteiger partial charge in [0.05, 0.1) is 0 Å². The van der Waals surface area contributed by atoms with Crippen LogP contribution >= 0.6 is 0 Å². The molecule has 134 valence electrons. The monoisotopic (exact) mass is 698 g/mol. The summed E-state index contributed by atoms with van der Waals surface area (Å²) in [4.78, 5) is 0. The average molecular weight is 698 g/mol. The van der Waals surface area contributed by atoms with Crippen molar-refractivity contribution in [1.29, 1.82) is 0 Å². The van der Waals surface area contributed by atoms with Gasteiger partial charge in [-0.3, -0.25) is 0 Å². The zero-order valence-corrected chi connectivity index (χ0v) is 21.6. The van der Waals surface area contributed by atoms with E-state index in [9.17, 15) is 0 Å². The first-order valence-electron chi connectivity index (χ1n) is 8.71. The molecule has 0 N–H and O–H groups in total. The van der Waals surface area contributed by atoms with Crippen LogP contribution in [0.25, 0.3) is 33.4 Å². The predicted molar refractivity (Wildman–Crippen MR) is 108 cm³/mol. The summed E-state index contributed by atoms with van der Waals surface area (Å²) >= 11 is 0. The second kappa shape index (κ2) is 10.2.